The van der Waals surface area contributed by atoms with E-state index in [9.17, 15) is 14.3 Å². The minimum absolute atomic E-state index is 0.0668. The minimum atomic E-state index is -1.12. The Bertz CT molecular complexity index is 725. The number of hydrogen-bond donors (Lipinski definition) is 3. The lowest BCUT2D eigenvalue weighted by Crippen LogP contribution is -2.45. The molecule has 2 amide bonds. The number of para-hydroxylation sites is 1. The van der Waals surface area contributed by atoms with Crippen LogP contribution >= 0.6 is 11.8 Å². The van der Waals surface area contributed by atoms with E-state index in [-0.39, 0.29) is 12.2 Å². The Morgan fingerprint density at radius 1 is 1.22 bits per heavy atom. The molecule has 0 saturated heterocycles. The van der Waals surface area contributed by atoms with E-state index in [1.54, 1.807) is 23.9 Å². The Morgan fingerprint density at radius 3 is 2.78 bits per heavy atom. The zero-order valence-electron chi connectivity index (χ0n) is 12.4. The lowest BCUT2D eigenvalue weighted by atomic mass is 9.91. The quantitative estimate of drug-likeness (QED) is 0.809. The first-order valence-corrected chi connectivity index (χ1v) is 8.42. The average molecular weight is 332 g/mol. The molecule has 0 aromatic heterocycles. The highest BCUT2D eigenvalue weighted by Gasteiger charge is 2.34. The number of aliphatic hydroxyl groups is 1. The van der Waals surface area contributed by atoms with E-state index in [2.05, 4.69) is 10.6 Å². The summed E-state index contributed by atoms with van der Waals surface area (Å²) in [5, 5.41) is 15.9. The van der Waals surface area contributed by atoms with Gasteiger partial charge in [0.2, 0.25) is 0 Å². The van der Waals surface area contributed by atoms with Crippen molar-refractivity contribution in [2.75, 3.05) is 17.6 Å². The molecular formula is C17H17FN2O2S. The Labute approximate surface area is 138 Å². The average Bonchev–Trinajstić information content (AvgIpc) is 2.56. The summed E-state index contributed by atoms with van der Waals surface area (Å²) >= 11 is 1.62. The van der Waals surface area contributed by atoms with Crippen LogP contribution in [-0.4, -0.2) is 23.4 Å². The van der Waals surface area contributed by atoms with Crippen molar-refractivity contribution in [3.63, 3.8) is 0 Å². The van der Waals surface area contributed by atoms with Crippen LogP contribution in [0.2, 0.25) is 0 Å². The number of rotatable bonds is 3. The van der Waals surface area contributed by atoms with Gasteiger partial charge in [-0.1, -0.05) is 36.4 Å². The normalized spacial score (nSPS) is 19.7. The summed E-state index contributed by atoms with van der Waals surface area (Å²) in [4.78, 5) is 12.0. The number of benzene rings is 2. The van der Waals surface area contributed by atoms with Crippen molar-refractivity contribution in [1.29, 1.82) is 0 Å². The molecule has 1 aliphatic heterocycles. The van der Waals surface area contributed by atoms with Crippen LogP contribution in [0.25, 0.3) is 0 Å². The molecule has 0 saturated carbocycles. The Morgan fingerprint density at radius 2 is 1.96 bits per heavy atom. The zero-order chi connectivity index (χ0) is 16.3. The largest absolute Gasteiger partial charge is 0.382 e. The highest BCUT2D eigenvalue weighted by atomic mass is 32.2. The number of hydrogen-bond acceptors (Lipinski definition) is 3. The van der Waals surface area contributed by atoms with Gasteiger partial charge in [0.25, 0.3) is 0 Å². The van der Waals surface area contributed by atoms with Crippen LogP contribution in [0, 0.1) is 5.82 Å². The van der Waals surface area contributed by atoms with Gasteiger partial charge in [-0.25, -0.2) is 9.18 Å². The van der Waals surface area contributed by atoms with Gasteiger partial charge in [-0.2, -0.15) is 11.8 Å². The molecule has 6 heteroatoms. The van der Waals surface area contributed by atoms with Crippen LogP contribution in [-0.2, 0) is 11.4 Å². The summed E-state index contributed by atoms with van der Waals surface area (Å²) in [6, 6.07) is 13.1. The maximum atomic E-state index is 13.5. The number of fused-ring (bicyclic) bond motifs is 1. The van der Waals surface area contributed by atoms with Crippen molar-refractivity contribution in [3.05, 3.63) is 65.5 Å². The number of carbonyl (C=O) groups excluding carboxylic acids is 1. The van der Waals surface area contributed by atoms with Crippen LogP contribution in [0.4, 0.5) is 14.9 Å². The van der Waals surface area contributed by atoms with E-state index in [1.807, 2.05) is 24.3 Å². The van der Waals surface area contributed by atoms with Gasteiger partial charge in [0.05, 0.1) is 12.2 Å². The Kier molecular flexibility index (Phi) is 4.54. The van der Waals surface area contributed by atoms with Crippen molar-refractivity contribution in [1.82, 2.24) is 5.32 Å². The standard InChI is InChI=1S/C17H17FN2O2S/c18-14-7-3-4-8-15(14)20-16(21)19-10-17(22)11-23-9-12-5-1-2-6-13(12)17/h1-8,22H,9-11H2,(H2,19,20,21). The van der Waals surface area contributed by atoms with E-state index in [1.165, 1.54) is 12.1 Å². The number of urea groups is 1. The summed E-state index contributed by atoms with van der Waals surface area (Å²) in [5.41, 5.74) is 0.898. The topological polar surface area (TPSA) is 61.4 Å². The van der Waals surface area contributed by atoms with E-state index in [0.29, 0.717) is 5.75 Å². The fraction of sp³-hybridized carbons (Fsp3) is 0.235. The molecule has 1 aliphatic rings. The van der Waals surface area contributed by atoms with Gasteiger partial charge in [-0.15, -0.1) is 0 Å². The third-order valence-electron chi connectivity index (χ3n) is 3.78. The molecule has 23 heavy (non-hydrogen) atoms. The molecule has 0 bridgehead atoms. The van der Waals surface area contributed by atoms with Crippen LogP contribution in [0.5, 0.6) is 0 Å². The van der Waals surface area contributed by atoms with Crippen molar-refractivity contribution in [3.8, 4) is 0 Å². The van der Waals surface area contributed by atoms with Crippen LogP contribution in [0.15, 0.2) is 48.5 Å². The highest BCUT2D eigenvalue weighted by molar-refractivity contribution is 7.98. The maximum Gasteiger partial charge on any atom is 0.319 e. The zero-order valence-corrected chi connectivity index (χ0v) is 13.2. The number of carbonyl (C=O) groups is 1. The summed E-state index contributed by atoms with van der Waals surface area (Å²) in [5.74, 6) is 0.851. The molecule has 3 N–H and O–H groups in total. The third-order valence-corrected chi connectivity index (χ3v) is 4.98. The van der Waals surface area contributed by atoms with Gasteiger partial charge in [0, 0.05) is 11.5 Å². The maximum absolute atomic E-state index is 13.5. The van der Waals surface area contributed by atoms with Crippen LogP contribution in [0.3, 0.4) is 0 Å². The molecular weight excluding hydrogens is 315 g/mol. The summed E-state index contributed by atoms with van der Waals surface area (Å²) in [6.07, 6.45) is 0. The van der Waals surface area contributed by atoms with Gasteiger partial charge in [0.15, 0.2) is 0 Å². The lowest BCUT2D eigenvalue weighted by molar-refractivity contribution is 0.0631. The molecule has 1 heterocycles. The molecule has 0 radical (unpaired) electrons. The summed E-state index contributed by atoms with van der Waals surface area (Å²) in [7, 11) is 0. The van der Waals surface area contributed by atoms with E-state index in [0.717, 1.165) is 16.9 Å². The Balaban J connectivity index is 1.66. The van der Waals surface area contributed by atoms with Crippen LogP contribution in [0.1, 0.15) is 11.1 Å². The third kappa shape index (κ3) is 3.48. The molecule has 120 valence electrons. The molecule has 1 atom stereocenters. The highest BCUT2D eigenvalue weighted by Crippen LogP contribution is 2.35. The van der Waals surface area contributed by atoms with Crippen molar-refractivity contribution >= 4 is 23.5 Å². The lowest BCUT2D eigenvalue weighted by Gasteiger charge is -2.34. The van der Waals surface area contributed by atoms with E-state index in [4.69, 9.17) is 0 Å². The van der Waals surface area contributed by atoms with Crippen molar-refractivity contribution in [2.45, 2.75) is 11.4 Å². The molecule has 0 fully saturated rings. The first kappa shape index (κ1) is 15.8. The number of halogens is 1. The van der Waals surface area contributed by atoms with Crippen LogP contribution < -0.4 is 10.6 Å². The molecule has 2 aromatic rings. The van der Waals surface area contributed by atoms with Gasteiger partial charge in [-0.3, -0.25) is 0 Å². The van der Waals surface area contributed by atoms with Gasteiger partial charge in [-0.05, 0) is 23.3 Å². The predicted octanol–water partition coefficient (Wildman–Crippen LogP) is 3.08. The second-order valence-electron chi connectivity index (χ2n) is 5.47. The fourth-order valence-corrected chi connectivity index (χ4v) is 3.78. The molecule has 4 nitrogen and oxygen atoms in total. The Hall–Kier alpha value is -2.05. The number of anilines is 1. The SMILES string of the molecule is O=C(NCC1(O)CSCc2ccccc21)Nc1ccccc1F. The molecule has 0 spiro atoms. The van der Waals surface area contributed by atoms with E-state index >= 15 is 0 Å². The smallest absolute Gasteiger partial charge is 0.319 e. The molecule has 0 aliphatic carbocycles. The first-order valence-electron chi connectivity index (χ1n) is 7.26. The number of amides is 2. The summed E-state index contributed by atoms with van der Waals surface area (Å²) < 4.78 is 13.5. The fourth-order valence-electron chi connectivity index (χ4n) is 2.61. The summed E-state index contributed by atoms with van der Waals surface area (Å²) in [6.45, 7) is 0.0668. The first-order chi connectivity index (χ1) is 11.1. The second-order valence-corrected chi connectivity index (χ2v) is 6.45. The minimum Gasteiger partial charge on any atom is -0.382 e. The number of nitrogens with one attached hydrogen (secondary N) is 2. The monoisotopic (exact) mass is 332 g/mol. The molecule has 1 unspecified atom stereocenters. The van der Waals surface area contributed by atoms with Gasteiger partial charge in [0.1, 0.15) is 11.4 Å². The van der Waals surface area contributed by atoms with E-state index < -0.39 is 17.4 Å². The second kappa shape index (κ2) is 6.60. The van der Waals surface area contributed by atoms with Gasteiger partial charge >= 0.3 is 6.03 Å². The predicted molar refractivity (Wildman–Crippen MR) is 89.9 cm³/mol. The van der Waals surface area contributed by atoms with Crippen molar-refractivity contribution < 1.29 is 14.3 Å². The van der Waals surface area contributed by atoms with Crippen molar-refractivity contribution in [2.24, 2.45) is 0 Å². The number of thioether (sulfide) groups is 1. The van der Waals surface area contributed by atoms with Gasteiger partial charge < -0.3 is 15.7 Å². The molecule has 3 rings (SSSR count). The molecule has 2 aromatic carbocycles.